The van der Waals surface area contributed by atoms with Crippen LogP contribution < -0.4 is 5.73 Å². The van der Waals surface area contributed by atoms with Crippen molar-refractivity contribution in [3.05, 3.63) is 0 Å². The third-order valence-electron chi connectivity index (χ3n) is 1.09. The van der Waals surface area contributed by atoms with Gasteiger partial charge in [-0.1, -0.05) is 0 Å². The standard InChI is InChI=1S/C5H6F5NO3/c6-4(7,8)5(9,10)14-1-2(11)3(12)13/h2H,1,11H2,(H,12,13)/t2-/m1/s1. The van der Waals surface area contributed by atoms with Gasteiger partial charge in [0, 0.05) is 0 Å². The van der Waals surface area contributed by atoms with Gasteiger partial charge in [0.1, 0.15) is 6.04 Å². The summed E-state index contributed by atoms with van der Waals surface area (Å²) in [7, 11) is 0. The van der Waals surface area contributed by atoms with Crippen LogP contribution in [0.2, 0.25) is 0 Å². The normalized spacial score (nSPS) is 15.3. The molecule has 0 radical (unpaired) electrons. The Kier molecular flexibility index (Phi) is 3.77. The predicted molar refractivity (Wildman–Crippen MR) is 32.6 cm³/mol. The molecule has 0 aromatic carbocycles. The van der Waals surface area contributed by atoms with Crippen molar-refractivity contribution in [2.45, 2.75) is 18.3 Å². The van der Waals surface area contributed by atoms with E-state index in [4.69, 9.17) is 5.11 Å². The van der Waals surface area contributed by atoms with Crippen LogP contribution in [-0.4, -0.2) is 36.0 Å². The molecule has 3 N–H and O–H groups in total. The molecular weight excluding hydrogens is 217 g/mol. The highest BCUT2D eigenvalue weighted by Crippen LogP contribution is 2.36. The largest absolute Gasteiger partial charge is 0.482 e. The second-order valence-corrected chi connectivity index (χ2v) is 2.27. The maximum absolute atomic E-state index is 12.0. The van der Waals surface area contributed by atoms with Crippen LogP contribution in [0, 0.1) is 0 Å². The number of carbonyl (C=O) groups is 1. The van der Waals surface area contributed by atoms with Gasteiger partial charge in [-0.2, -0.15) is 22.0 Å². The molecule has 84 valence electrons. The first-order valence-corrected chi connectivity index (χ1v) is 3.15. The van der Waals surface area contributed by atoms with E-state index in [1.54, 1.807) is 0 Å². The van der Waals surface area contributed by atoms with Gasteiger partial charge in [0.15, 0.2) is 0 Å². The fourth-order valence-corrected chi connectivity index (χ4v) is 0.348. The highest BCUT2D eigenvalue weighted by Gasteiger charge is 2.59. The van der Waals surface area contributed by atoms with Gasteiger partial charge in [-0.25, -0.2) is 0 Å². The maximum Gasteiger partial charge on any atom is 0.482 e. The molecule has 1 atom stereocenters. The van der Waals surface area contributed by atoms with Crippen LogP contribution in [0.1, 0.15) is 0 Å². The smallest absolute Gasteiger partial charge is 0.480 e. The molecule has 0 saturated carbocycles. The van der Waals surface area contributed by atoms with Gasteiger partial charge in [0.2, 0.25) is 0 Å². The van der Waals surface area contributed by atoms with Crippen molar-refractivity contribution in [1.29, 1.82) is 0 Å². The number of hydrogen-bond acceptors (Lipinski definition) is 3. The Morgan fingerprint density at radius 1 is 1.36 bits per heavy atom. The summed E-state index contributed by atoms with van der Waals surface area (Å²) < 4.78 is 61.2. The molecule has 14 heavy (non-hydrogen) atoms. The first kappa shape index (κ1) is 13.0. The van der Waals surface area contributed by atoms with Crippen LogP contribution in [-0.2, 0) is 9.53 Å². The van der Waals surface area contributed by atoms with Crippen molar-refractivity contribution >= 4 is 5.97 Å². The van der Waals surface area contributed by atoms with E-state index in [1.165, 1.54) is 0 Å². The fraction of sp³-hybridized carbons (Fsp3) is 0.800. The monoisotopic (exact) mass is 223 g/mol. The summed E-state index contributed by atoms with van der Waals surface area (Å²) in [6, 6.07) is -1.93. The van der Waals surface area contributed by atoms with Gasteiger partial charge in [-0.3, -0.25) is 4.79 Å². The lowest BCUT2D eigenvalue weighted by Crippen LogP contribution is -2.44. The molecule has 0 saturated heterocycles. The SMILES string of the molecule is N[C@H](COC(F)(F)C(F)(F)F)C(=O)O. The van der Waals surface area contributed by atoms with E-state index in [1.807, 2.05) is 0 Å². The number of rotatable bonds is 4. The minimum atomic E-state index is -5.88. The molecule has 0 bridgehead atoms. The molecular formula is C5H6F5NO3. The molecule has 0 aliphatic carbocycles. The maximum atomic E-state index is 12.0. The Balaban J connectivity index is 4.20. The summed E-state index contributed by atoms with van der Waals surface area (Å²) in [6.45, 7) is -1.43. The Morgan fingerprint density at radius 2 is 1.79 bits per heavy atom. The van der Waals surface area contributed by atoms with Crippen LogP contribution in [0.15, 0.2) is 0 Å². The summed E-state index contributed by atoms with van der Waals surface area (Å²) in [6.07, 6.45) is -11.3. The predicted octanol–water partition coefficient (Wildman–Crippen LogP) is 0.570. The number of carboxylic acid groups (broad SMARTS) is 1. The van der Waals surface area contributed by atoms with Crippen molar-refractivity contribution in [2.75, 3.05) is 6.61 Å². The summed E-state index contributed by atoms with van der Waals surface area (Å²) >= 11 is 0. The number of halogens is 5. The van der Waals surface area contributed by atoms with E-state index in [0.717, 1.165) is 0 Å². The highest BCUT2D eigenvalue weighted by molar-refractivity contribution is 5.73. The zero-order valence-corrected chi connectivity index (χ0v) is 6.52. The van der Waals surface area contributed by atoms with Crippen LogP contribution in [0.4, 0.5) is 22.0 Å². The van der Waals surface area contributed by atoms with Gasteiger partial charge in [0.25, 0.3) is 0 Å². The summed E-state index contributed by atoms with van der Waals surface area (Å²) in [5.74, 6) is -1.73. The Morgan fingerprint density at radius 3 is 2.07 bits per heavy atom. The molecule has 0 fully saturated rings. The van der Waals surface area contributed by atoms with Gasteiger partial charge >= 0.3 is 18.3 Å². The van der Waals surface area contributed by atoms with Crippen LogP contribution in [0.5, 0.6) is 0 Å². The van der Waals surface area contributed by atoms with Crippen LogP contribution >= 0.6 is 0 Å². The van der Waals surface area contributed by atoms with E-state index >= 15 is 0 Å². The number of hydrogen-bond donors (Lipinski definition) is 2. The third-order valence-corrected chi connectivity index (χ3v) is 1.09. The molecule has 0 aromatic rings. The van der Waals surface area contributed by atoms with E-state index in [0.29, 0.717) is 0 Å². The van der Waals surface area contributed by atoms with E-state index in [-0.39, 0.29) is 0 Å². The van der Waals surface area contributed by atoms with Crippen molar-refractivity contribution < 1.29 is 36.6 Å². The molecule has 9 heteroatoms. The average Bonchev–Trinajstić information content (AvgIpc) is 1.97. The van der Waals surface area contributed by atoms with Crippen LogP contribution in [0.25, 0.3) is 0 Å². The first-order chi connectivity index (χ1) is 6.08. The lowest BCUT2D eigenvalue weighted by molar-refractivity contribution is -0.391. The molecule has 0 aromatic heterocycles. The molecule has 4 nitrogen and oxygen atoms in total. The van der Waals surface area contributed by atoms with Crippen LogP contribution in [0.3, 0.4) is 0 Å². The number of nitrogens with two attached hydrogens (primary N) is 1. The van der Waals surface area contributed by atoms with E-state index < -0.39 is 30.9 Å². The van der Waals surface area contributed by atoms with Crippen molar-refractivity contribution in [2.24, 2.45) is 5.73 Å². The lowest BCUT2D eigenvalue weighted by atomic mass is 10.3. The third kappa shape index (κ3) is 3.42. The Labute approximate surface area is 74.4 Å². The molecule has 0 unspecified atom stereocenters. The lowest BCUT2D eigenvalue weighted by Gasteiger charge is -2.20. The molecule has 0 aliphatic rings. The first-order valence-electron chi connectivity index (χ1n) is 3.15. The Bertz CT molecular complexity index is 216. The highest BCUT2D eigenvalue weighted by atomic mass is 19.4. The zero-order valence-electron chi connectivity index (χ0n) is 6.52. The zero-order chi connectivity index (χ0) is 11.6. The number of alkyl halides is 5. The second-order valence-electron chi connectivity index (χ2n) is 2.27. The minimum absolute atomic E-state index is 1.43. The minimum Gasteiger partial charge on any atom is -0.480 e. The van der Waals surface area contributed by atoms with Gasteiger partial charge in [-0.15, -0.1) is 0 Å². The van der Waals surface area contributed by atoms with Gasteiger partial charge < -0.3 is 15.6 Å². The van der Waals surface area contributed by atoms with Crippen molar-refractivity contribution in [3.8, 4) is 0 Å². The van der Waals surface area contributed by atoms with E-state index in [2.05, 4.69) is 10.5 Å². The van der Waals surface area contributed by atoms with Gasteiger partial charge in [0.05, 0.1) is 6.61 Å². The van der Waals surface area contributed by atoms with Crippen molar-refractivity contribution in [1.82, 2.24) is 0 Å². The summed E-state index contributed by atoms with van der Waals surface area (Å²) in [4.78, 5) is 9.93. The van der Waals surface area contributed by atoms with E-state index in [9.17, 15) is 26.7 Å². The second kappa shape index (κ2) is 4.05. The molecule has 0 rings (SSSR count). The quantitative estimate of drug-likeness (QED) is 0.683. The topological polar surface area (TPSA) is 72.5 Å². The molecule has 0 spiro atoms. The summed E-state index contributed by atoms with van der Waals surface area (Å²) in [5, 5.41) is 8.05. The molecule has 0 aliphatic heterocycles. The fourth-order valence-electron chi connectivity index (χ4n) is 0.348. The number of ether oxygens (including phenoxy) is 1. The number of carboxylic acids is 1. The number of aliphatic carboxylic acids is 1. The molecule has 0 amide bonds. The summed E-state index contributed by atoms with van der Waals surface area (Å²) in [5.41, 5.74) is 4.64. The van der Waals surface area contributed by atoms with Crippen molar-refractivity contribution in [3.63, 3.8) is 0 Å². The Hall–Kier alpha value is -0.960. The van der Waals surface area contributed by atoms with Gasteiger partial charge in [-0.05, 0) is 0 Å². The average molecular weight is 223 g/mol. The molecule has 0 heterocycles.